The predicted molar refractivity (Wildman–Crippen MR) is 100 cm³/mol. The molecule has 0 radical (unpaired) electrons. The Hall–Kier alpha value is -1.98. The van der Waals surface area contributed by atoms with Crippen molar-refractivity contribution in [1.82, 2.24) is 9.88 Å². The van der Waals surface area contributed by atoms with Gasteiger partial charge in [0, 0.05) is 36.8 Å². The summed E-state index contributed by atoms with van der Waals surface area (Å²) in [6.07, 6.45) is 5.06. The molecule has 2 saturated heterocycles. The predicted octanol–water partition coefficient (Wildman–Crippen LogP) is 3.28. The summed E-state index contributed by atoms with van der Waals surface area (Å²) in [7, 11) is 0. The monoisotopic (exact) mass is 354 g/mol. The lowest BCUT2D eigenvalue weighted by atomic mass is 9.76. The van der Waals surface area contributed by atoms with E-state index in [0.717, 1.165) is 62.0 Å². The number of hydrogen-bond acceptors (Lipinski definition) is 4. The molecule has 0 bridgehead atoms. The molecule has 26 heavy (non-hydrogen) atoms. The Kier molecular flexibility index (Phi) is 4.92. The van der Waals surface area contributed by atoms with E-state index in [2.05, 4.69) is 4.98 Å². The number of hydrogen-bond donors (Lipinski definition) is 0. The van der Waals surface area contributed by atoms with Crippen LogP contribution in [0.25, 0.3) is 10.9 Å². The molecule has 2 aliphatic heterocycles. The summed E-state index contributed by atoms with van der Waals surface area (Å²) in [6.45, 7) is 5.83. The summed E-state index contributed by atoms with van der Waals surface area (Å²) in [5.74, 6) is 0.121. The molecule has 1 atom stereocenters. The SMILES string of the molecule is CCOC[C@H]1CC2(CCN(C(=O)c3ccc4ncccc4c3)CC2)CO1. The van der Waals surface area contributed by atoms with Crippen molar-refractivity contribution < 1.29 is 14.3 Å². The molecule has 1 amide bonds. The van der Waals surface area contributed by atoms with Crippen LogP contribution in [0, 0.1) is 5.41 Å². The van der Waals surface area contributed by atoms with Gasteiger partial charge in [0.25, 0.3) is 5.91 Å². The van der Waals surface area contributed by atoms with Gasteiger partial charge in [0.1, 0.15) is 0 Å². The summed E-state index contributed by atoms with van der Waals surface area (Å²) in [5, 5.41) is 1.01. The summed E-state index contributed by atoms with van der Waals surface area (Å²) in [4.78, 5) is 19.2. The maximum atomic E-state index is 12.9. The van der Waals surface area contributed by atoms with E-state index in [1.165, 1.54) is 0 Å². The highest BCUT2D eigenvalue weighted by Gasteiger charge is 2.43. The molecule has 0 unspecified atom stereocenters. The first-order chi connectivity index (χ1) is 12.7. The molecule has 2 aromatic rings. The number of likely N-dealkylation sites (tertiary alicyclic amines) is 1. The quantitative estimate of drug-likeness (QED) is 0.845. The van der Waals surface area contributed by atoms with Crippen molar-refractivity contribution in [2.24, 2.45) is 5.41 Å². The molecule has 0 N–H and O–H groups in total. The summed E-state index contributed by atoms with van der Waals surface area (Å²) >= 11 is 0. The molecule has 0 saturated carbocycles. The number of aromatic nitrogens is 1. The Morgan fingerprint density at radius 3 is 3.00 bits per heavy atom. The lowest BCUT2D eigenvalue weighted by Crippen LogP contribution is -2.43. The summed E-state index contributed by atoms with van der Waals surface area (Å²) < 4.78 is 11.5. The zero-order valence-corrected chi connectivity index (χ0v) is 15.3. The minimum Gasteiger partial charge on any atom is -0.379 e. The van der Waals surface area contributed by atoms with Crippen molar-refractivity contribution >= 4 is 16.8 Å². The Morgan fingerprint density at radius 2 is 2.19 bits per heavy atom. The fourth-order valence-corrected chi connectivity index (χ4v) is 4.18. The van der Waals surface area contributed by atoms with Crippen molar-refractivity contribution in [3.63, 3.8) is 0 Å². The Bertz CT molecular complexity index is 784. The summed E-state index contributed by atoms with van der Waals surface area (Å²) in [5.41, 5.74) is 1.90. The maximum Gasteiger partial charge on any atom is 0.253 e. The number of piperidine rings is 1. The van der Waals surface area contributed by atoms with Gasteiger partial charge in [-0.2, -0.15) is 0 Å². The third-order valence-corrected chi connectivity index (χ3v) is 5.76. The van der Waals surface area contributed by atoms with Gasteiger partial charge in [0.05, 0.1) is 24.8 Å². The second-order valence-corrected chi connectivity index (χ2v) is 7.50. The average Bonchev–Trinajstić information content (AvgIpc) is 3.08. The van der Waals surface area contributed by atoms with Gasteiger partial charge in [0.2, 0.25) is 0 Å². The highest BCUT2D eigenvalue weighted by atomic mass is 16.5. The van der Waals surface area contributed by atoms with E-state index in [1.807, 2.05) is 42.2 Å². The first-order valence-electron chi connectivity index (χ1n) is 9.52. The fourth-order valence-electron chi connectivity index (χ4n) is 4.18. The number of ether oxygens (including phenoxy) is 2. The van der Waals surface area contributed by atoms with Gasteiger partial charge < -0.3 is 14.4 Å². The lowest BCUT2D eigenvalue weighted by molar-refractivity contribution is 0.0159. The number of pyridine rings is 1. The molecule has 4 rings (SSSR count). The van der Waals surface area contributed by atoms with Crippen molar-refractivity contribution in [2.75, 3.05) is 32.9 Å². The minimum atomic E-state index is 0.121. The van der Waals surface area contributed by atoms with Gasteiger partial charge in [-0.3, -0.25) is 9.78 Å². The highest BCUT2D eigenvalue weighted by Crippen LogP contribution is 2.42. The van der Waals surface area contributed by atoms with E-state index in [0.29, 0.717) is 6.61 Å². The zero-order valence-electron chi connectivity index (χ0n) is 15.3. The molecule has 5 heteroatoms. The second-order valence-electron chi connectivity index (χ2n) is 7.50. The van der Waals surface area contributed by atoms with Gasteiger partial charge in [-0.1, -0.05) is 6.07 Å². The lowest BCUT2D eigenvalue weighted by Gasteiger charge is -2.38. The van der Waals surface area contributed by atoms with Crippen molar-refractivity contribution in [3.8, 4) is 0 Å². The Morgan fingerprint density at radius 1 is 1.35 bits per heavy atom. The van der Waals surface area contributed by atoms with Crippen LogP contribution in [-0.2, 0) is 9.47 Å². The third-order valence-electron chi connectivity index (χ3n) is 5.76. The molecule has 5 nitrogen and oxygen atoms in total. The van der Waals surface area contributed by atoms with Gasteiger partial charge in [-0.15, -0.1) is 0 Å². The Balaban J connectivity index is 1.39. The number of carbonyl (C=O) groups is 1. The smallest absolute Gasteiger partial charge is 0.253 e. The van der Waals surface area contributed by atoms with Gasteiger partial charge in [-0.25, -0.2) is 0 Å². The number of rotatable bonds is 4. The van der Waals surface area contributed by atoms with E-state index in [4.69, 9.17) is 9.47 Å². The molecule has 138 valence electrons. The van der Waals surface area contributed by atoms with Crippen LogP contribution < -0.4 is 0 Å². The zero-order chi connectivity index (χ0) is 18.0. The van der Waals surface area contributed by atoms with E-state index in [9.17, 15) is 4.79 Å². The molecule has 3 heterocycles. The average molecular weight is 354 g/mol. The van der Waals surface area contributed by atoms with Crippen LogP contribution in [0.5, 0.6) is 0 Å². The van der Waals surface area contributed by atoms with Gasteiger partial charge in [0.15, 0.2) is 0 Å². The first-order valence-corrected chi connectivity index (χ1v) is 9.52. The highest BCUT2D eigenvalue weighted by molar-refractivity contribution is 5.98. The Labute approximate surface area is 154 Å². The maximum absolute atomic E-state index is 12.9. The molecule has 1 aromatic carbocycles. The van der Waals surface area contributed by atoms with Crippen molar-refractivity contribution in [1.29, 1.82) is 0 Å². The van der Waals surface area contributed by atoms with E-state index >= 15 is 0 Å². The standard InChI is InChI=1S/C21H26N2O3/c1-2-25-14-18-13-21(15-26-18)7-10-23(11-8-21)20(24)17-5-6-19-16(12-17)4-3-9-22-19/h3-6,9,12,18H,2,7-8,10-11,13-15H2,1H3/t18-/m1/s1. The topological polar surface area (TPSA) is 51.7 Å². The number of amides is 1. The van der Waals surface area contributed by atoms with E-state index in [1.54, 1.807) is 6.20 Å². The van der Waals surface area contributed by atoms with Crippen molar-refractivity contribution in [2.45, 2.75) is 32.3 Å². The molecule has 2 aliphatic rings. The minimum absolute atomic E-state index is 0.121. The van der Waals surface area contributed by atoms with Crippen LogP contribution in [0.15, 0.2) is 36.5 Å². The number of nitrogens with zero attached hydrogens (tertiary/aromatic N) is 2. The molecule has 1 spiro atoms. The van der Waals surface area contributed by atoms with E-state index < -0.39 is 0 Å². The molecular formula is C21H26N2O3. The second kappa shape index (κ2) is 7.33. The number of benzene rings is 1. The fraction of sp³-hybridized carbons (Fsp3) is 0.524. The van der Waals surface area contributed by atoms with Crippen LogP contribution in [0.3, 0.4) is 0 Å². The van der Waals surface area contributed by atoms with Crippen LogP contribution >= 0.6 is 0 Å². The number of carbonyl (C=O) groups excluding carboxylic acids is 1. The van der Waals surface area contributed by atoms with Crippen LogP contribution in [0.2, 0.25) is 0 Å². The number of fused-ring (bicyclic) bond motifs is 1. The normalized spacial score (nSPS) is 22.2. The van der Waals surface area contributed by atoms with Crippen LogP contribution in [0.4, 0.5) is 0 Å². The molecular weight excluding hydrogens is 328 g/mol. The molecule has 0 aliphatic carbocycles. The van der Waals surface area contributed by atoms with Crippen molar-refractivity contribution in [3.05, 3.63) is 42.1 Å². The van der Waals surface area contributed by atoms with Gasteiger partial charge in [-0.05, 0) is 55.9 Å². The largest absolute Gasteiger partial charge is 0.379 e. The van der Waals surface area contributed by atoms with E-state index in [-0.39, 0.29) is 17.4 Å². The molecule has 1 aromatic heterocycles. The molecule has 2 fully saturated rings. The first kappa shape index (κ1) is 17.4. The van der Waals surface area contributed by atoms with Crippen LogP contribution in [0.1, 0.15) is 36.5 Å². The van der Waals surface area contributed by atoms with Crippen LogP contribution in [-0.4, -0.2) is 54.8 Å². The van der Waals surface area contributed by atoms with Gasteiger partial charge >= 0.3 is 0 Å². The third kappa shape index (κ3) is 3.46. The summed E-state index contributed by atoms with van der Waals surface area (Å²) in [6, 6.07) is 9.67.